The molecule has 0 unspecified atom stereocenters. The van der Waals surface area contributed by atoms with Crippen molar-refractivity contribution in [3.63, 3.8) is 0 Å². The molecule has 0 amide bonds. The zero-order valence-corrected chi connectivity index (χ0v) is 10.2. The van der Waals surface area contributed by atoms with E-state index in [1.807, 2.05) is 13.8 Å². The van der Waals surface area contributed by atoms with Crippen LogP contribution in [0.4, 0.5) is 0 Å². The highest BCUT2D eigenvalue weighted by Gasteiger charge is 2.14. The Kier molecular flexibility index (Phi) is 6.24. The molecule has 0 atom stereocenters. The van der Waals surface area contributed by atoms with Crippen molar-refractivity contribution in [1.29, 1.82) is 0 Å². The summed E-state index contributed by atoms with van der Waals surface area (Å²) in [6.07, 6.45) is 1.53. The summed E-state index contributed by atoms with van der Waals surface area (Å²) in [6.45, 7) is 8.51. The minimum Gasteiger partial charge on any atom is -0.393 e. The molecule has 0 heterocycles. The maximum absolute atomic E-state index is 9.56. The van der Waals surface area contributed by atoms with Gasteiger partial charge in [-0.2, -0.15) is 0 Å². The fourth-order valence-corrected chi connectivity index (χ4v) is 1.22. The maximum atomic E-state index is 9.56. The molecular weight excluding hydrogens is 196 g/mol. The van der Waals surface area contributed by atoms with E-state index in [1.54, 1.807) is 0 Å². The summed E-state index contributed by atoms with van der Waals surface area (Å²) in [5.41, 5.74) is 4.85. The zero-order chi connectivity index (χ0) is 11.2. The molecule has 3 nitrogen and oxygen atoms in total. The summed E-state index contributed by atoms with van der Waals surface area (Å²) in [5, 5.41) is 9.56. The molecule has 0 spiro atoms. The zero-order valence-electron chi connectivity index (χ0n) is 9.42. The minimum atomic E-state index is -0.587. The number of hydrogen-bond donors (Lipinski definition) is 2. The topological polar surface area (TPSA) is 49.5 Å². The number of hydrogen-bond acceptors (Lipinski definition) is 3. The Hall–Kier alpha value is -0.190. The van der Waals surface area contributed by atoms with Gasteiger partial charge in [-0.15, -0.1) is 0 Å². The molecule has 0 aromatic heterocycles. The SMILES string of the molecule is CCN(CCC(N)=S)CCC(C)(C)O. The van der Waals surface area contributed by atoms with Crippen molar-refractivity contribution in [2.75, 3.05) is 19.6 Å². The Morgan fingerprint density at radius 3 is 2.36 bits per heavy atom. The first-order chi connectivity index (χ1) is 6.35. The van der Waals surface area contributed by atoms with Gasteiger partial charge in [0.25, 0.3) is 0 Å². The minimum absolute atomic E-state index is 0.562. The van der Waals surface area contributed by atoms with Gasteiger partial charge >= 0.3 is 0 Å². The van der Waals surface area contributed by atoms with Gasteiger partial charge in [0, 0.05) is 19.5 Å². The monoisotopic (exact) mass is 218 g/mol. The number of rotatable bonds is 7. The van der Waals surface area contributed by atoms with Crippen LogP contribution < -0.4 is 5.73 Å². The quantitative estimate of drug-likeness (QED) is 0.629. The van der Waals surface area contributed by atoms with Crippen LogP contribution in [0.1, 0.15) is 33.6 Å². The number of aliphatic hydroxyl groups is 1. The second-order valence-electron chi connectivity index (χ2n) is 4.21. The van der Waals surface area contributed by atoms with Crippen LogP contribution in [-0.4, -0.2) is 40.2 Å². The average molecular weight is 218 g/mol. The van der Waals surface area contributed by atoms with Gasteiger partial charge in [0.15, 0.2) is 0 Å². The molecule has 4 heteroatoms. The predicted octanol–water partition coefficient (Wildman–Crippen LogP) is 1.15. The number of nitrogens with two attached hydrogens (primary N) is 1. The third-order valence-corrected chi connectivity index (χ3v) is 2.37. The van der Waals surface area contributed by atoms with Gasteiger partial charge in [-0.1, -0.05) is 19.1 Å². The summed E-state index contributed by atoms with van der Waals surface area (Å²) in [6, 6.07) is 0. The van der Waals surface area contributed by atoms with Crippen LogP contribution in [0.15, 0.2) is 0 Å². The van der Waals surface area contributed by atoms with Crippen molar-refractivity contribution in [2.45, 2.75) is 39.2 Å². The normalized spacial score (nSPS) is 12.1. The van der Waals surface area contributed by atoms with Crippen LogP contribution in [0.2, 0.25) is 0 Å². The van der Waals surface area contributed by atoms with Crippen molar-refractivity contribution in [2.24, 2.45) is 5.73 Å². The highest BCUT2D eigenvalue weighted by Crippen LogP contribution is 2.08. The lowest BCUT2D eigenvalue weighted by Gasteiger charge is -2.24. The summed E-state index contributed by atoms with van der Waals surface area (Å²) in [5.74, 6) is 0. The molecule has 0 aliphatic rings. The van der Waals surface area contributed by atoms with Crippen LogP contribution in [0.5, 0.6) is 0 Å². The standard InChI is InChI=1S/C10H22N2OS/c1-4-12(7-5-9(11)14)8-6-10(2,3)13/h13H,4-8H2,1-3H3,(H2,11,14). The fourth-order valence-electron chi connectivity index (χ4n) is 1.13. The summed E-state index contributed by atoms with van der Waals surface area (Å²) in [4.78, 5) is 2.81. The van der Waals surface area contributed by atoms with E-state index < -0.39 is 5.60 Å². The van der Waals surface area contributed by atoms with E-state index in [1.165, 1.54) is 0 Å². The first-order valence-electron chi connectivity index (χ1n) is 5.08. The van der Waals surface area contributed by atoms with E-state index in [4.69, 9.17) is 18.0 Å². The van der Waals surface area contributed by atoms with E-state index in [9.17, 15) is 5.11 Å². The van der Waals surface area contributed by atoms with Gasteiger partial charge in [-0.25, -0.2) is 0 Å². The lowest BCUT2D eigenvalue weighted by Crippen LogP contribution is -2.33. The maximum Gasteiger partial charge on any atom is 0.0740 e. The molecular formula is C10H22N2OS. The van der Waals surface area contributed by atoms with Crippen LogP contribution in [0.3, 0.4) is 0 Å². The van der Waals surface area contributed by atoms with Crippen LogP contribution in [0.25, 0.3) is 0 Å². The van der Waals surface area contributed by atoms with Crippen molar-refractivity contribution in [3.05, 3.63) is 0 Å². The summed E-state index contributed by atoms with van der Waals surface area (Å²) < 4.78 is 0. The van der Waals surface area contributed by atoms with Crippen molar-refractivity contribution in [3.8, 4) is 0 Å². The average Bonchev–Trinajstić information content (AvgIpc) is 2.02. The highest BCUT2D eigenvalue weighted by atomic mass is 32.1. The first kappa shape index (κ1) is 13.8. The van der Waals surface area contributed by atoms with Crippen LogP contribution in [-0.2, 0) is 0 Å². The van der Waals surface area contributed by atoms with Crippen molar-refractivity contribution in [1.82, 2.24) is 4.90 Å². The molecule has 0 aromatic rings. The molecule has 0 saturated heterocycles. The predicted molar refractivity (Wildman–Crippen MR) is 64.4 cm³/mol. The Morgan fingerprint density at radius 2 is 2.00 bits per heavy atom. The van der Waals surface area contributed by atoms with Gasteiger partial charge < -0.3 is 15.7 Å². The van der Waals surface area contributed by atoms with Crippen molar-refractivity contribution < 1.29 is 5.11 Å². The van der Waals surface area contributed by atoms with Gasteiger partial charge in [0.05, 0.1) is 10.6 Å². The van der Waals surface area contributed by atoms with E-state index in [2.05, 4.69) is 11.8 Å². The molecule has 0 radical (unpaired) electrons. The van der Waals surface area contributed by atoms with E-state index >= 15 is 0 Å². The Bertz CT molecular complexity index is 177. The van der Waals surface area contributed by atoms with E-state index in [0.717, 1.165) is 32.5 Å². The lowest BCUT2D eigenvalue weighted by molar-refractivity contribution is 0.0587. The van der Waals surface area contributed by atoms with Gasteiger partial charge in [0.2, 0.25) is 0 Å². The largest absolute Gasteiger partial charge is 0.393 e. The molecule has 0 saturated carbocycles. The molecule has 0 fully saturated rings. The van der Waals surface area contributed by atoms with E-state index in [0.29, 0.717) is 4.99 Å². The van der Waals surface area contributed by atoms with Crippen LogP contribution in [0, 0.1) is 0 Å². The Balaban J connectivity index is 3.74. The second-order valence-corrected chi connectivity index (χ2v) is 4.74. The second kappa shape index (κ2) is 6.32. The van der Waals surface area contributed by atoms with Gasteiger partial charge in [-0.05, 0) is 26.8 Å². The van der Waals surface area contributed by atoms with Gasteiger partial charge in [0.1, 0.15) is 0 Å². The molecule has 0 aliphatic carbocycles. The molecule has 84 valence electrons. The van der Waals surface area contributed by atoms with Crippen LogP contribution >= 0.6 is 12.2 Å². The van der Waals surface area contributed by atoms with E-state index in [-0.39, 0.29) is 0 Å². The fraction of sp³-hybridized carbons (Fsp3) is 0.900. The molecule has 3 N–H and O–H groups in total. The van der Waals surface area contributed by atoms with Crippen molar-refractivity contribution >= 4 is 17.2 Å². The molecule has 0 aromatic carbocycles. The third kappa shape index (κ3) is 8.41. The molecule has 0 aliphatic heterocycles. The number of thiocarbonyl (C=S) groups is 1. The number of nitrogens with zero attached hydrogens (tertiary/aromatic N) is 1. The highest BCUT2D eigenvalue weighted by molar-refractivity contribution is 7.80. The Morgan fingerprint density at radius 1 is 1.43 bits per heavy atom. The Labute approximate surface area is 92.3 Å². The first-order valence-corrected chi connectivity index (χ1v) is 5.49. The summed E-state index contributed by atoms with van der Waals surface area (Å²) in [7, 11) is 0. The third-order valence-electron chi connectivity index (χ3n) is 2.16. The lowest BCUT2D eigenvalue weighted by atomic mass is 10.1. The summed E-state index contributed by atoms with van der Waals surface area (Å²) >= 11 is 4.82. The molecule has 0 bridgehead atoms. The smallest absolute Gasteiger partial charge is 0.0740 e. The molecule has 0 rings (SSSR count). The molecule has 14 heavy (non-hydrogen) atoms. The van der Waals surface area contributed by atoms with Gasteiger partial charge in [-0.3, -0.25) is 0 Å².